The van der Waals surface area contributed by atoms with Crippen LogP contribution in [0.3, 0.4) is 0 Å². The lowest BCUT2D eigenvalue weighted by Gasteiger charge is -2.49. The zero-order valence-corrected chi connectivity index (χ0v) is 20.7. The Bertz CT molecular complexity index is 1080. The molecule has 0 amide bonds. The van der Waals surface area contributed by atoms with Gasteiger partial charge in [0.15, 0.2) is 0 Å². The fourth-order valence-corrected chi connectivity index (χ4v) is 6.36. The fourth-order valence-electron chi connectivity index (χ4n) is 6.36. The van der Waals surface area contributed by atoms with Gasteiger partial charge < -0.3 is 10.4 Å². The maximum atomic E-state index is 13.8. The Labute approximate surface area is 209 Å². The highest BCUT2D eigenvalue weighted by molar-refractivity contribution is 5.64. The van der Waals surface area contributed by atoms with Crippen molar-refractivity contribution < 1.29 is 9.50 Å². The molecule has 2 aliphatic heterocycles. The highest BCUT2D eigenvalue weighted by Crippen LogP contribution is 2.45. The van der Waals surface area contributed by atoms with Crippen molar-refractivity contribution in [3.63, 3.8) is 0 Å². The summed E-state index contributed by atoms with van der Waals surface area (Å²) in [5.74, 6) is -0.207. The second kappa shape index (κ2) is 10.6. The Morgan fingerprint density at radius 3 is 2.09 bits per heavy atom. The predicted octanol–water partition coefficient (Wildman–Crippen LogP) is 5.97. The third-order valence-electron chi connectivity index (χ3n) is 8.32. The fraction of sp³-hybridized carbons (Fsp3) is 0.419. The molecule has 35 heavy (non-hydrogen) atoms. The number of aliphatic hydroxyl groups is 1. The number of halogens is 1. The second-order valence-electron chi connectivity index (χ2n) is 10.2. The van der Waals surface area contributed by atoms with Crippen LogP contribution in [0.5, 0.6) is 0 Å². The zero-order chi connectivity index (χ0) is 24.3. The van der Waals surface area contributed by atoms with Gasteiger partial charge in [-0.05, 0) is 92.0 Å². The van der Waals surface area contributed by atoms with Gasteiger partial charge in [0, 0.05) is 12.1 Å². The van der Waals surface area contributed by atoms with Crippen molar-refractivity contribution >= 4 is 0 Å². The molecular formula is C31H37FN2O. The smallest absolute Gasteiger partial charge is 0.123 e. The normalized spacial score (nSPS) is 23.6. The maximum absolute atomic E-state index is 13.8. The monoisotopic (exact) mass is 472 g/mol. The van der Waals surface area contributed by atoms with Gasteiger partial charge in [0.2, 0.25) is 0 Å². The van der Waals surface area contributed by atoms with Crippen LogP contribution < -0.4 is 5.32 Å². The lowest BCUT2D eigenvalue weighted by atomic mass is 9.69. The number of rotatable bonds is 6. The van der Waals surface area contributed by atoms with Gasteiger partial charge in [-0.2, -0.15) is 0 Å². The van der Waals surface area contributed by atoms with Crippen LogP contribution in [0.4, 0.5) is 4.39 Å². The number of piperidine rings is 2. The Morgan fingerprint density at radius 2 is 1.46 bits per heavy atom. The van der Waals surface area contributed by atoms with Gasteiger partial charge in [-0.15, -0.1) is 0 Å². The minimum atomic E-state index is -1.16. The number of nitrogens with zero attached hydrogens (tertiary/aromatic N) is 1. The molecule has 5 rings (SSSR count). The summed E-state index contributed by atoms with van der Waals surface area (Å²) in [6.45, 7) is 5.45. The van der Waals surface area contributed by atoms with E-state index in [4.69, 9.17) is 0 Å². The van der Waals surface area contributed by atoms with Crippen molar-refractivity contribution in [1.29, 1.82) is 0 Å². The quantitative estimate of drug-likeness (QED) is 0.464. The largest absolute Gasteiger partial charge is 0.380 e. The molecule has 2 heterocycles. The Morgan fingerprint density at radius 1 is 0.857 bits per heavy atom. The van der Waals surface area contributed by atoms with Gasteiger partial charge in [0.25, 0.3) is 0 Å². The van der Waals surface area contributed by atoms with E-state index in [1.165, 1.54) is 25.0 Å². The summed E-state index contributed by atoms with van der Waals surface area (Å²) in [5, 5.41) is 16.0. The summed E-state index contributed by atoms with van der Waals surface area (Å²) in [5.41, 5.74) is 2.80. The molecule has 0 aromatic heterocycles. The average Bonchev–Trinajstić information content (AvgIpc) is 2.93. The predicted molar refractivity (Wildman–Crippen MR) is 141 cm³/mol. The van der Waals surface area contributed by atoms with Gasteiger partial charge in [0.05, 0.1) is 0 Å². The first-order valence-corrected chi connectivity index (χ1v) is 13.2. The molecule has 184 valence electrons. The molecular weight excluding hydrogens is 435 g/mol. The Hall–Kier alpha value is -2.53. The topological polar surface area (TPSA) is 35.5 Å². The minimum absolute atomic E-state index is 0.0680. The first-order valence-electron chi connectivity index (χ1n) is 13.2. The summed E-state index contributed by atoms with van der Waals surface area (Å²) in [6, 6.07) is 26.2. The molecule has 2 saturated heterocycles. The number of hydrogen-bond acceptors (Lipinski definition) is 3. The van der Waals surface area contributed by atoms with E-state index in [2.05, 4.69) is 53.5 Å². The molecule has 3 nitrogen and oxygen atoms in total. The van der Waals surface area contributed by atoms with Gasteiger partial charge >= 0.3 is 0 Å². The maximum Gasteiger partial charge on any atom is 0.123 e. The van der Waals surface area contributed by atoms with E-state index in [9.17, 15) is 9.50 Å². The van der Waals surface area contributed by atoms with Crippen LogP contribution in [0, 0.1) is 11.7 Å². The Kier molecular flexibility index (Phi) is 7.33. The molecule has 0 spiro atoms. The van der Waals surface area contributed by atoms with E-state index in [0.717, 1.165) is 61.2 Å². The summed E-state index contributed by atoms with van der Waals surface area (Å²) >= 11 is 0. The molecule has 3 aromatic rings. The molecule has 3 unspecified atom stereocenters. The van der Waals surface area contributed by atoms with Crippen molar-refractivity contribution in [3.05, 3.63) is 95.8 Å². The van der Waals surface area contributed by atoms with Crippen molar-refractivity contribution in [2.24, 2.45) is 5.92 Å². The average molecular weight is 473 g/mol. The molecule has 2 fully saturated rings. The lowest BCUT2D eigenvalue weighted by Crippen LogP contribution is -2.54. The van der Waals surface area contributed by atoms with Crippen LogP contribution >= 0.6 is 0 Å². The van der Waals surface area contributed by atoms with Crippen LogP contribution in [-0.2, 0) is 5.60 Å². The second-order valence-corrected chi connectivity index (χ2v) is 10.2. The molecule has 0 radical (unpaired) electrons. The molecule has 3 aromatic carbocycles. The van der Waals surface area contributed by atoms with Crippen LogP contribution in [0.2, 0.25) is 0 Å². The SMILES string of the molecule is CCC1CC(C(O)(c2ccc(F)cc2)c2ccc(-c3ccccc3)cc2)CCN1C1CCNCC1. The van der Waals surface area contributed by atoms with Crippen molar-refractivity contribution in [1.82, 2.24) is 10.2 Å². The van der Waals surface area contributed by atoms with Crippen LogP contribution in [0.15, 0.2) is 78.9 Å². The summed E-state index contributed by atoms with van der Waals surface area (Å²) in [7, 11) is 0. The van der Waals surface area contributed by atoms with Crippen molar-refractivity contribution in [2.45, 2.75) is 56.7 Å². The van der Waals surface area contributed by atoms with Gasteiger partial charge in [-0.1, -0.05) is 73.7 Å². The van der Waals surface area contributed by atoms with Gasteiger partial charge in [0.1, 0.15) is 11.4 Å². The van der Waals surface area contributed by atoms with Gasteiger partial charge in [-0.25, -0.2) is 4.39 Å². The number of nitrogens with one attached hydrogen (secondary N) is 1. The molecule has 3 atom stereocenters. The number of likely N-dealkylation sites (tertiary alicyclic amines) is 1. The first-order chi connectivity index (χ1) is 17.1. The highest BCUT2D eigenvalue weighted by Gasteiger charge is 2.45. The molecule has 2 N–H and O–H groups in total. The molecule has 2 aliphatic rings. The number of hydrogen-bond donors (Lipinski definition) is 2. The van der Waals surface area contributed by atoms with Crippen LogP contribution in [0.25, 0.3) is 11.1 Å². The van der Waals surface area contributed by atoms with E-state index in [-0.39, 0.29) is 11.7 Å². The van der Waals surface area contributed by atoms with Crippen molar-refractivity contribution in [2.75, 3.05) is 19.6 Å². The van der Waals surface area contributed by atoms with E-state index in [1.54, 1.807) is 12.1 Å². The van der Waals surface area contributed by atoms with E-state index in [0.29, 0.717) is 12.1 Å². The minimum Gasteiger partial charge on any atom is -0.380 e. The Balaban J connectivity index is 1.47. The summed E-state index contributed by atoms with van der Waals surface area (Å²) in [6.07, 6.45) is 5.34. The van der Waals surface area contributed by atoms with Gasteiger partial charge in [-0.3, -0.25) is 4.90 Å². The first kappa shape index (κ1) is 24.2. The van der Waals surface area contributed by atoms with E-state index < -0.39 is 5.60 Å². The van der Waals surface area contributed by atoms with E-state index >= 15 is 0 Å². The van der Waals surface area contributed by atoms with Crippen molar-refractivity contribution in [3.8, 4) is 11.1 Å². The van der Waals surface area contributed by atoms with Crippen LogP contribution in [0.1, 0.15) is 50.2 Å². The molecule has 4 heteroatoms. The highest BCUT2D eigenvalue weighted by atomic mass is 19.1. The third kappa shape index (κ3) is 4.93. The summed E-state index contributed by atoms with van der Waals surface area (Å²) < 4.78 is 13.8. The molecule has 0 bridgehead atoms. The lowest BCUT2D eigenvalue weighted by molar-refractivity contribution is -0.0441. The molecule has 0 saturated carbocycles. The van der Waals surface area contributed by atoms with E-state index in [1.807, 2.05) is 18.2 Å². The van der Waals surface area contributed by atoms with Crippen LogP contribution in [-0.4, -0.2) is 41.7 Å². The zero-order valence-electron chi connectivity index (χ0n) is 20.7. The number of benzene rings is 3. The standard InChI is InChI=1S/C31H37FN2O/c1-2-29-22-27(18-21-34(29)30-16-19-33-20-17-30)31(35,26-12-14-28(32)15-13-26)25-10-8-24(9-11-25)23-6-4-3-5-7-23/h3-15,27,29-30,33,35H,2,16-22H2,1H3. The molecule has 0 aliphatic carbocycles. The summed E-state index contributed by atoms with van der Waals surface area (Å²) in [4.78, 5) is 2.71. The third-order valence-corrected chi connectivity index (χ3v) is 8.32.